The summed E-state index contributed by atoms with van der Waals surface area (Å²) in [4.78, 5) is 27.6. The number of amides is 1. The van der Waals surface area contributed by atoms with Crippen molar-refractivity contribution in [3.63, 3.8) is 0 Å². The molecule has 0 spiro atoms. The molecule has 0 atom stereocenters. The summed E-state index contributed by atoms with van der Waals surface area (Å²) in [6.07, 6.45) is 1.64. The van der Waals surface area contributed by atoms with Crippen molar-refractivity contribution in [3.05, 3.63) is 45.0 Å². The second-order valence-electron chi connectivity index (χ2n) is 5.55. The Morgan fingerprint density at radius 2 is 2.08 bits per heavy atom. The Bertz CT molecular complexity index is 1090. The van der Waals surface area contributed by atoms with E-state index < -0.39 is 5.91 Å². The average molecular weight is 370 g/mol. The monoisotopic (exact) mass is 370 g/mol. The van der Waals surface area contributed by atoms with E-state index in [1.54, 1.807) is 22.0 Å². The zero-order chi connectivity index (χ0) is 17.6. The number of fused-ring (bicyclic) bond motifs is 1. The van der Waals surface area contributed by atoms with Gasteiger partial charge in [-0.2, -0.15) is 4.98 Å². The molecule has 0 unspecified atom stereocenters. The minimum atomic E-state index is -0.399. The van der Waals surface area contributed by atoms with Crippen molar-refractivity contribution in [1.82, 2.24) is 24.6 Å². The number of carbonyl (C=O) groups excluding carboxylic acids is 1. The highest BCUT2D eigenvalue weighted by Crippen LogP contribution is 2.32. The van der Waals surface area contributed by atoms with Gasteiger partial charge in [-0.25, -0.2) is 14.5 Å². The summed E-state index contributed by atoms with van der Waals surface area (Å²) in [5.74, 6) is 0.0690. The highest BCUT2D eigenvalue weighted by Gasteiger charge is 2.17. The highest BCUT2D eigenvalue weighted by atomic mass is 32.1. The predicted molar refractivity (Wildman–Crippen MR) is 98.4 cm³/mol. The fraction of sp³-hybridized carbons (Fsp3) is 0.188. The summed E-state index contributed by atoms with van der Waals surface area (Å²) < 4.78 is 1.54. The molecule has 1 amide bonds. The Morgan fingerprint density at radius 1 is 1.24 bits per heavy atom. The zero-order valence-electron chi connectivity index (χ0n) is 13.8. The third kappa shape index (κ3) is 2.92. The number of aromatic nitrogens is 5. The molecule has 25 heavy (non-hydrogen) atoms. The summed E-state index contributed by atoms with van der Waals surface area (Å²) in [6, 6.07) is 3.92. The van der Waals surface area contributed by atoms with Crippen molar-refractivity contribution < 1.29 is 4.79 Å². The molecule has 4 rings (SSSR count). The van der Waals surface area contributed by atoms with E-state index in [4.69, 9.17) is 0 Å². The third-order valence-corrected chi connectivity index (χ3v) is 5.40. The van der Waals surface area contributed by atoms with Gasteiger partial charge in [-0.05, 0) is 32.9 Å². The summed E-state index contributed by atoms with van der Waals surface area (Å²) in [6.45, 7) is 6.02. The molecule has 4 aromatic rings. The number of thiophene rings is 1. The molecule has 7 nitrogen and oxygen atoms in total. The van der Waals surface area contributed by atoms with Gasteiger partial charge in [-0.1, -0.05) is 0 Å². The largest absolute Gasteiger partial charge is 0.297 e. The molecule has 9 heteroatoms. The van der Waals surface area contributed by atoms with Gasteiger partial charge in [0.1, 0.15) is 0 Å². The summed E-state index contributed by atoms with van der Waals surface area (Å²) >= 11 is 3.11. The topological polar surface area (TPSA) is 85.1 Å². The molecule has 0 saturated carbocycles. The van der Waals surface area contributed by atoms with Crippen LogP contribution in [0.4, 0.5) is 5.13 Å². The summed E-state index contributed by atoms with van der Waals surface area (Å²) in [5.41, 5.74) is 2.82. The van der Waals surface area contributed by atoms with Gasteiger partial charge in [0.2, 0.25) is 5.82 Å². The number of nitrogens with one attached hydrogen (secondary N) is 1. The Kier molecular flexibility index (Phi) is 3.81. The molecule has 4 heterocycles. The lowest BCUT2D eigenvalue weighted by molar-refractivity contribution is 0.101. The lowest BCUT2D eigenvalue weighted by Crippen LogP contribution is -2.13. The van der Waals surface area contributed by atoms with E-state index >= 15 is 0 Å². The van der Waals surface area contributed by atoms with Gasteiger partial charge in [0.25, 0.3) is 11.7 Å². The number of hydrogen-bond donors (Lipinski definition) is 1. The van der Waals surface area contributed by atoms with E-state index in [1.165, 1.54) is 21.1 Å². The second-order valence-corrected chi connectivity index (χ2v) is 7.87. The normalized spacial score (nSPS) is 11.2. The standard InChI is InChI=1S/C16H14N6OS2/c1-8-4-5-17-15-19-13(21-22(8)15)14(23)20-16-18-12(7-24-16)11-6-9(2)25-10(11)3/h4-7H,1-3H3,(H,18,20,23). The maximum Gasteiger partial charge on any atom is 0.297 e. The van der Waals surface area contributed by atoms with Crippen LogP contribution in [0.3, 0.4) is 0 Å². The van der Waals surface area contributed by atoms with Gasteiger partial charge in [-0.15, -0.1) is 27.8 Å². The van der Waals surface area contributed by atoms with Crippen LogP contribution in [-0.2, 0) is 0 Å². The molecule has 0 fully saturated rings. The maximum absolute atomic E-state index is 12.4. The van der Waals surface area contributed by atoms with Crippen molar-refractivity contribution in [2.24, 2.45) is 0 Å². The first-order valence-electron chi connectivity index (χ1n) is 7.54. The van der Waals surface area contributed by atoms with Gasteiger partial charge in [0.15, 0.2) is 5.13 Å². The molecular formula is C16H14N6OS2. The molecule has 4 aromatic heterocycles. The molecule has 126 valence electrons. The van der Waals surface area contributed by atoms with Crippen LogP contribution in [0.25, 0.3) is 17.0 Å². The molecular weight excluding hydrogens is 356 g/mol. The van der Waals surface area contributed by atoms with E-state index in [0.29, 0.717) is 10.9 Å². The average Bonchev–Trinajstić information content (AvgIpc) is 3.26. The molecule has 0 aliphatic rings. The number of rotatable bonds is 3. The van der Waals surface area contributed by atoms with Gasteiger partial charge < -0.3 is 0 Å². The third-order valence-electron chi connectivity index (χ3n) is 3.67. The van der Waals surface area contributed by atoms with E-state index in [-0.39, 0.29) is 5.82 Å². The number of anilines is 1. The lowest BCUT2D eigenvalue weighted by Gasteiger charge is -1.97. The smallest absolute Gasteiger partial charge is 0.295 e. The van der Waals surface area contributed by atoms with E-state index in [2.05, 4.69) is 45.3 Å². The number of thiazole rings is 1. The second kappa shape index (κ2) is 6.01. The zero-order valence-corrected chi connectivity index (χ0v) is 15.4. The molecule has 0 radical (unpaired) electrons. The maximum atomic E-state index is 12.4. The number of nitrogens with zero attached hydrogens (tertiary/aromatic N) is 5. The fourth-order valence-electron chi connectivity index (χ4n) is 2.50. The molecule has 0 aliphatic carbocycles. The van der Waals surface area contributed by atoms with Gasteiger partial charge in [0.05, 0.1) is 5.69 Å². The predicted octanol–water partition coefficient (Wildman–Crippen LogP) is 3.49. The molecule has 0 saturated heterocycles. The quantitative estimate of drug-likeness (QED) is 0.597. The highest BCUT2D eigenvalue weighted by molar-refractivity contribution is 7.14. The summed E-state index contributed by atoms with van der Waals surface area (Å²) in [5, 5.41) is 9.42. The Balaban J connectivity index is 1.58. The minimum Gasteiger partial charge on any atom is -0.295 e. The van der Waals surface area contributed by atoms with Gasteiger partial charge in [0, 0.05) is 32.6 Å². The Morgan fingerprint density at radius 3 is 2.80 bits per heavy atom. The van der Waals surface area contributed by atoms with E-state index in [0.717, 1.165) is 17.0 Å². The van der Waals surface area contributed by atoms with Crippen molar-refractivity contribution in [3.8, 4) is 11.3 Å². The van der Waals surface area contributed by atoms with E-state index in [9.17, 15) is 4.79 Å². The number of aryl methyl sites for hydroxylation is 3. The van der Waals surface area contributed by atoms with Crippen LogP contribution in [0, 0.1) is 20.8 Å². The van der Waals surface area contributed by atoms with Crippen LogP contribution in [-0.4, -0.2) is 30.5 Å². The SMILES string of the molecule is Cc1cc(-c2csc(NC(=O)c3nc4nccc(C)n4n3)n2)c(C)s1. The van der Waals surface area contributed by atoms with Crippen molar-refractivity contribution in [2.75, 3.05) is 5.32 Å². The van der Waals surface area contributed by atoms with Crippen LogP contribution in [0.5, 0.6) is 0 Å². The molecule has 0 bridgehead atoms. The molecule has 0 aliphatic heterocycles. The fourth-order valence-corrected chi connectivity index (χ4v) is 4.13. The van der Waals surface area contributed by atoms with Crippen LogP contribution < -0.4 is 5.32 Å². The van der Waals surface area contributed by atoms with Crippen LogP contribution in [0.15, 0.2) is 23.7 Å². The minimum absolute atomic E-state index is 0.0705. The first-order chi connectivity index (χ1) is 12.0. The van der Waals surface area contributed by atoms with Crippen molar-refractivity contribution >= 4 is 39.5 Å². The Hall–Kier alpha value is -2.65. The van der Waals surface area contributed by atoms with Crippen LogP contribution in [0.1, 0.15) is 26.1 Å². The van der Waals surface area contributed by atoms with Crippen molar-refractivity contribution in [1.29, 1.82) is 0 Å². The molecule has 1 N–H and O–H groups in total. The van der Waals surface area contributed by atoms with Gasteiger partial charge >= 0.3 is 0 Å². The first-order valence-corrected chi connectivity index (χ1v) is 9.23. The summed E-state index contributed by atoms with van der Waals surface area (Å²) in [7, 11) is 0. The Labute approximate surface area is 151 Å². The van der Waals surface area contributed by atoms with Crippen LogP contribution in [0.2, 0.25) is 0 Å². The van der Waals surface area contributed by atoms with Crippen molar-refractivity contribution in [2.45, 2.75) is 20.8 Å². The number of carbonyl (C=O) groups is 1. The number of hydrogen-bond acceptors (Lipinski definition) is 7. The van der Waals surface area contributed by atoms with Crippen LogP contribution >= 0.6 is 22.7 Å². The molecule has 0 aromatic carbocycles. The van der Waals surface area contributed by atoms with Gasteiger partial charge in [-0.3, -0.25) is 10.1 Å². The van der Waals surface area contributed by atoms with E-state index in [1.807, 2.05) is 18.4 Å². The lowest BCUT2D eigenvalue weighted by atomic mass is 10.2. The first kappa shape index (κ1) is 15.9.